The molecule has 0 bridgehead atoms. The monoisotopic (exact) mass is 191 g/mol. The smallest absolute Gasteiger partial charge is 0.111 e. The summed E-state index contributed by atoms with van der Waals surface area (Å²) in [4.78, 5) is 0. The molecule has 3 atom stereocenters. The van der Waals surface area contributed by atoms with Crippen molar-refractivity contribution in [1.29, 1.82) is 0 Å². The zero-order valence-corrected chi connectivity index (χ0v) is 8.60. The molecule has 0 aromatic heterocycles. The van der Waals surface area contributed by atoms with E-state index >= 15 is 0 Å². The SMILES string of the molecule is CCC1CCCC(Cl)NC1OC. The fraction of sp³-hybridized carbons (Fsp3) is 1.00. The Morgan fingerprint density at radius 2 is 2.25 bits per heavy atom. The molecule has 3 heteroatoms. The fourth-order valence-electron chi connectivity index (χ4n) is 1.79. The van der Waals surface area contributed by atoms with Crippen LogP contribution < -0.4 is 5.32 Å². The lowest BCUT2D eigenvalue weighted by Crippen LogP contribution is -2.39. The highest BCUT2D eigenvalue weighted by molar-refractivity contribution is 6.20. The molecule has 72 valence electrons. The molecule has 0 aromatic rings. The minimum absolute atomic E-state index is 0.0894. The Hall–Kier alpha value is 0.210. The van der Waals surface area contributed by atoms with Crippen LogP contribution in [0.1, 0.15) is 32.6 Å². The zero-order chi connectivity index (χ0) is 8.97. The van der Waals surface area contributed by atoms with Crippen molar-refractivity contribution < 1.29 is 4.74 Å². The van der Waals surface area contributed by atoms with Crippen LogP contribution in [-0.4, -0.2) is 18.8 Å². The molecule has 2 nitrogen and oxygen atoms in total. The van der Waals surface area contributed by atoms with Gasteiger partial charge in [0.05, 0.1) is 5.50 Å². The van der Waals surface area contributed by atoms with Gasteiger partial charge in [-0.3, -0.25) is 5.32 Å². The van der Waals surface area contributed by atoms with Crippen molar-refractivity contribution in [2.45, 2.75) is 44.3 Å². The predicted molar refractivity (Wildman–Crippen MR) is 51.2 cm³/mol. The highest BCUT2D eigenvalue weighted by Gasteiger charge is 2.24. The van der Waals surface area contributed by atoms with Gasteiger partial charge >= 0.3 is 0 Å². The number of ether oxygens (including phenoxy) is 1. The van der Waals surface area contributed by atoms with E-state index in [1.807, 2.05) is 0 Å². The molecule has 1 fully saturated rings. The van der Waals surface area contributed by atoms with E-state index in [1.165, 1.54) is 12.8 Å². The van der Waals surface area contributed by atoms with E-state index in [0.29, 0.717) is 5.92 Å². The zero-order valence-electron chi connectivity index (χ0n) is 7.85. The van der Waals surface area contributed by atoms with Crippen molar-refractivity contribution in [1.82, 2.24) is 5.32 Å². The van der Waals surface area contributed by atoms with Crippen molar-refractivity contribution >= 4 is 11.6 Å². The summed E-state index contributed by atoms with van der Waals surface area (Å²) in [6.45, 7) is 2.20. The molecule has 0 spiro atoms. The van der Waals surface area contributed by atoms with Crippen molar-refractivity contribution in [2.24, 2.45) is 5.92 Å². The second kappa shape index (κ2) is 5.05. The van der Waals surface area contributed by atoms with Crippen molar-refractivity contribution in [3.8, 4) is 0 Å². The Kier molecular flexibility index (Phi) is 4.33. The van der Waals surface area contributed by atoms with Crippen LogP contribution in [0.4, 0.5) is 0 Å². The molecule has 1 aliphatic heterocycles. The molecule has 1 saturated heterocycles. The maximum atomic E-state index is 6.03. The first-order valence-electron chi connectivity index (χ1n) is 4.70. The van der Waals surface area contributed by atoms with Crippen LogP contribution in [0.2, 0.25) is 0 Å². The predicted octanol–water partition coefficient (Wildman–Crippen LogP) is 2.32. The van der Waals surface area contributed by atoms with Gasteiger partial charge in [0.2, 0.25) is 0 Å². The number of hydrogen-bond acceptors (Lipinski definition) is 2. The molecule has 1 heterocycles. The third-order valence-electron chi connectivity index (χ3n) is 2.58. The number of rotatable bonds is 2. The normalized spacial score (nSPS) is 37.8. The van der Waals surface area contributed by atoms with E-state index in [0.717, 1.165) is 12.8 Å². The molecule has 0 radical (unpaired) electrons. The Morgan fingerprint density at radius 1 is 1.50 bits per heavy atom. The van der Waals surface area contributed by atoms with E-state index in [2.05, 4.69) is 12.2 Å². The number of hydrogen-bond donors (Lipinski definition) is 1. The van der Waals surface area contributed by atoms with E-state index < -0.39 is 0 Å². The van der Waals surface area contributed by atoms with Gasteiger partial charge in [-0.1, -0.05) is 13.3 Å². The van der Waals surface area contributed by atoms with Crippen LogP contribution in [0, 0.1) is 5.92 Å². The van der Waals surface area contributed by atoms with Crippen LogP contribution in [0.5, 0.6) is 0 Å². The second-order valence-electron chi connectivity index (χ2n) is 3.39. The van der Waals surface area contributed by atoms with Gasteiger partial charge in [-0.15, -0.1) is 11.6 Å². The molecular weight excluding hydrogens is 174 g/mol. The van der Waals surface area contributed by atoms with E-state index in [1.54, 1.807) is 7.11 Å². The van der Waals surface area contributed by atoms with Gasteiger partial charge < -0.3 is 4.74 Å². The minimum atomic E-state index is 0.0894. The first kappa shape index (κ1) is 10.3. The lowest BCUT2D eigenvalue weighted by Gasteiger charge is -2.24. The maximum absolute atomic E-state index is 6.03. The number of halogens is 1. The molecule has 1 aliphatic rings. The van der Waals surface area contributed by atoms with Gasteiger partial charge in [-0.25, -0.2) is 0 Å². The molecule has 0 amide bonds. The standard InChI is InChI=1S/C9H18ClNO/c1-3-7-5-4-6-8(10)11-9(7)12-2/h7-9,11H,3-6H2,1-2H3. The lowest BCUT2D eigenvalue weighted by atomic mass is 9.99. The van der Waals surface area contributed by atoms with Crippen molar-refractivity contribution in [2.75, 3.05) is 7.11 Å². The summed E-state index contributed by atoms with van der Waals surface area (Å²) >= 11 is 6.03. The van der Waals surface area contributed by atoms with Crippen molar-refractivity contribution in [3.63, 3.8) is 0 Å². The first-order valence-corrected chi connectivity index (χ1v) is 5.14. The molecule has 0 aliphatic carbocycles. The molecule has 3 unspecified atom stereocenters. The summed E-state index contributed by atoms with van der Waals surface area (Å²) in [5, 5.41) is 3.27. The summed E-state index contributed by atoms with van der Waals surface area (Å²) in [6.07, 6.45) is 4.80. The van der Waals surface area contributed by atoms with Gasteiger partial charge in [0, 0.05) is 7.11 Å². The van der Waals surface area contributed by atoms with E-state index in [-0.39, 0.29) is 11.7 Å². The quantitative estimate of drug-likeness (QED) is 0.535. The third-order valence-corrected chi connectivity index (χ3v) is 2.93. The molecule has 1 N–H and O–H groups in total. The second-order valence-corrected chi connectivity index (χ2v) is 3.92. The third kappa shape index (κ3) is 2.61. The minimum Gasteiger partial charge on any atom is -0.366 e. The summed E-state index contributed by atoms with van der Waals surface area (Å²) < 4.78 is 5.35. The maximum Gasteiger partial charge on any atom is 0.111 e. The first-order chi connectivity index (χ1) is 5.77. The molecule has 1 rings (SSSR count). The summed E-state index contributed by atoms with van der Waals surface area (Å²) in [5.74, 6) is 0.624. The van der Waals surface area contributed by atoms with E-state index in [4.69, 9.17) is 16.3 Å². The Balaban J connectivity index is 2.49. The van der Waals surface area contributed by atoms with Gasteiger partial charge in [0.25, 0.3) is 0 Å². The van der Waals surface area contributed by atoms with Crippen LogP contribution in [0.15, 0.2) is 0 Å². The van der Waals surface area contributed by atoms with Crippen LogP contribution in [-0.2, 0) is 4.74 Å². The van der Waals surface area contributed by atoms with Crippen molar-refractivity contribution in [3.05, 3.63) is 0 Å². The number of alkyl halides is 1. The Labute approximate surface area is 79.6 Å². The average molecular weight is 192 g/mol. The lowest BCUT2D eigenvalue weighted by molar-refractivity contribution is 0.0249. The fourth-order valence-corrected chi connectivity index (χ4v) is 2.07. The van der Waals surface area contributed by atoms with Crippen LogP contribution in [0.3, 0.4) is 0 Å². The summed E-state index contributed by atoms with van der Waals surface area (Å²) in [5.41, 5.74) is 0.0894. The van der Waals surface area contributed by atoms with E-state index in [9.17, 15) is 0 Å². The molecular formula is C9H18ClNO. The van der Waals surface area contributed by atoms with Gasteiger partial charge in [-0.05, 0) is 25.2 Å². The van der Waals surface area contributed by atoms with Gasteiger partial charge in [0.1, 0.15) is 6.23 Å². The molecule has 0 aromatic carbocycles. The van der Waals surface area contributed by atoms with Gasteiger partial charge in [0.15, 0.2) is 0 Å². The Bertz CT molecular complexity index is 132. The Morgan fingerprint density at radius 3 is 2.83 bits per heavy atom. The summed E-state index contributed by atoms with van der Waals surface area (Å²) in [6, 6.07) is 0. The largest absolute Gasteiger partial charge is 0.366 e. The molecule has 0 saturated carbocycles. The topological polar surface area (TPSA) is 21.3 Å². The average Bonchev–Trinajstić information content (AvgIpc) is 2.26. The number of nitrogens with one attached hydrogen (secondary N) is 1. The summed E-state index contributed by atoms with van der Waals surface area (Å²) in [7, 11) is 1.75. The van der Waals surface area contributed by atoms with Crippen LogP contribution >= 0.6 is 11.6 Å². The number of methoxy groups -OCH3 is 1. The highest BCUT2D eigenvalue weighted by Crippen LogP contribution is 2.23. The van der Waals surface area contributed by atoms with Crippen LogP contribution in [0.25, 0.3) is 0 Å². The molecule has 12 heavy (non-hydrogen) atoms. The highest BCUT2D eigenvalue weighted by atomic mass is 35.5. The van der Waals surface area contributed by atoms with Gasteiger partial charge in [-0.2, -0.15) is 0 Å².